The molecule has 2 aliphatic rings. The molecule has 0 aromatic carbocycles. The molecule has 2 fully saturated rings. The summed E-state index contributed by atoms with van der Waals surface area (Å²) < 4.78 is 5.94. The summed E-state index contributed by atoms with van der Waals surface area (Å²) in [5, 5.41) is 7.00. The maximum Gasteiger partial charge on any atom is 0.0550 e. The van der Waals surface area contributed by atoms with E-state index in [0.717, 1.165) is 31.5 Å². The van der Waals surface area contributed by atoms with Crippen molar-refractivity contribution in [3.05, 3.63) is 0 Å². The fraction of sp³-hybridized carbons (Fsp3) is 1.00. The zero-order valence-electron chi connectivity index (χ0n) is 19.7. The normalized spacial score (nSPS) is 25.0. The molecule has 1 aliphatic heterocycles. The Kier molecular flexibility index (Phi) is 18.4. The Labute approximate surface area is 166 Å². The number of aliphatic hydroxyl groups is 1. The molecule has 2 nitrogen and oxygen atoms in total. The van der Waals surface area contributed by atoms with Gasteiger partial charge in [0.2, 0.25) is 0 Å². The summed E-state index contributed by atoms with van der Waals surface area (Å²) in [5.41, 5.74) is 0.522. The molecule has 3 unspecified atom stereocenters. The lowest BCUT2D eigenvalue weighted by molar-refractivity contribution is -0.01000. The molecule has 1 N–H and O–H groups in total. The Morgan fingerprint density at radius 3 is 1.73 bits per heavy atom. The van der Waals surface area contributed by atoms with E-state index in [0.29, 0.717) is 11.5 Å². The molecular formula is C24H52O2. The van der Waals surface area contributed by atoms with Crippen LogP contribution in [0.15, 0.2) is 0 Å². The van der Waals surface area contributed by atoms with E-state index in [2.05, 4.69) is 41.5 Å². The van der Waals surface area contributed by atoms with Crippen LogP contribution in [0.1, 0.15) is 113 Å². The van der Waals surface area contributed by atoms with Gasteiger partial charge in [0.05, 0.1) is 12.7 Å². The molecule has 1 saturated carbocycles. The molecule has 1 saturated heterocycles. The van der Waals surface area contributed by atoms with Crippen LogP contribution in [0.3, 0.4) is 0 Å². The molecule has 160 valence electrons. The molecule has 0 radical (unpaired) electrons. The number of aliphatic hydroxyl groups excluding tert-OH is 1. The minimum atomic E-state index is 0.488. The molecule has 0 bridgehead atoms. The van der Waals surface area contributed by atoms with E-state index in [9.17, 15) is 0 Å². The van der Waals surface area contributed by atoms with Crippen molar-refractivity contribution in [2.24, 2.45) is 23.2 Å². The van der Waals surface area contributed by atoms with Crippen LogP contribution in [0.2, 0.25) is 0 Å². The Hall–Kier alpha value is -0.0800. The molecule has 0 aromatic heterocycles. The van der Waals surface area contributed by atoms with E-state index >= 15 is 0 Å². The van der Waals surface area contributed by atoms with Gasteiger partial charge in [0.1, 0.15) is 0 Å². The lowest BCUT2D eigenvalue weighted by Crippen LogP contribution is -2.43. The van der Waals surface area contributed by atoms with Crippen LogP contribution in [-0.2, 0) is 4.74 Å². The zero-order valence-corrected chi connectivity index (χ0v) is 19.7. The number of ether oxygens (including phenoxy) is 1. The second kappa shape index (κ2) is 17.0. The largest absolute Gasteiger partial charge is 0.400 e. The molecule has 26 heavy (non-hydrogen) atoms. The van der Waals surface area contributed by atoms with Gasteiger partial charge in [-0.25, -0.2) is 0 Å². The van der Waals surface area contributed by atoms with Crippen molar-refractivity contribution in [3.8, 4) is 0 Å². The number of hydrogen-bond donors (Lipinski definition) is 1. The predicted octanol–water partition coefficient (Wildman–Crippen LogP) is 7.49. The first-order valence-electron chi connectivity index (χ1n) is 11.6. The van der Waals surface area contributed by atoms with E-state index in [-0.39, 0.29) is 0 Å². The smallest absolute Gasteiger partial charge is 0.0550 e. The van der Waals surface area contributed by atoms with Crippen molar-refractivity contribution in [1.29, 1.82) is 0 Å². The minimum Gasteiger partial charge on any atom is -0.400 e. The van der Waals surface area contributed by atoms with Crippen molar-refractivity contribution in [2.75, 3.05) is 13.7 Å². The van der Waals surface area contributed by atoms with Gasteiger partial charge in [-0.1, -0.05) is 87.0 Å². The van der Waals surface area contributed by atoms with Crippen LogP contribution in [0.5, 0.6) is 0 Å². The molecule has 1 heterocycles. The summed E-state index contributed by atoms with van der Waals surface area (Å²) in [7, 11) is 1.00. The minimum absolute atomic E-state index is 0.488. The van der Waals surface area contributed by atoms with Crippen molar-refractivity contribution in [3.63, 3.8) is 0 Å². The van der Waals surface area contributed by atoms with E-state index in [1.807, 2.05) is 13.8 Å². The number of hydrogen-bond acceptors (Lipinski definition) is 2. The maximum atomic E-state index is 7.00. The highest BCUT2D eigenvalue weighted by Crippen LogP contribution is 2.53. The van der Waals surface area contributed by atoms with Gasteiger partial charge in [-0.3, -0.25) is 0 Å². The number of rotatable bonds is 5. The Morgan fingerprint density at radius 1 is 0.923 bits per heavy atom. The third-order valence-corrected chi connectivity index (χ3v) is 6.43. The third-order valence-electron chi connectivity index (χ3n) is 6.43. The summed E-state index contributed by atoms with van der Waals surface area (Å²) in [6.45, 7) is 18.9. The van der Waals surface area contributed by atoms with Crippen molar-refractivity contribution < 1.29 is 9.84 Å². The Balaban J connectivity index is 0. The topological polar surface area (TPSA) is 29.5 Å². The van der Waals surface area contributed by atoms with Gasteiger partial charge in [0, 0.05) is 7.11 Å². The fourth-order valence-corrected chi connectivity index (χ4v) is 5.14. The molecule has 0 spiro atoms. The van der Waals surface area contributed by atoms with Gasteiger partial charge in [0.15, 0.2) is 0 Å². The standard InChI is InChI=1S/C18H34O.C3H8.C2H6.CH4O/c1-5-15(6-2)18(4,16-10-8-7-9-11-16)17-12-14(3)19-13-17;1-3-2;2*1-2/h14-17H,5-13H2,1-4H3;3H2,1-2H3;1-2H3;2H,1H3. The van der Waals surface area contributed by atoms with Crippen LogP contribution >= 0.6 is 0 Å². The summed E-state index contributed by atoms with van der Waals surface area (Å²) >= 11 is 0. The van der Waals surface area contributed by atoms with Gasteiger partial charge in [-0.05, 0) is 49.4 Å². The summed E-state index contributed by atoms with van der Waals surface area (Å²) in [6, 6.07) is 0. The Bertz CT molecular complexity index is 275. The molecular weight excluding hydrogens is 320 g/mol. The van der Waals surface area contributed by atoms with Crippen LogP contribution in [0.4, 0.5) is 0 Å². The van der Waals surface area contributed by atoms with Crippen LogP contribution in [0, 0.1) is 23.2 Å². The van der Waals surface area contributed by atoms with Crippen LogP contribution in [0.25, 0.3) is 0 Å². The molecule has 3 atom stereocenters. The monoisotopic (exact) mass is 372 g/mol. The Morgan fingerprint density at radius 2 is 1.38 bits per heavy atom. The molecule has 2 rings (SSSR count). The van der Waals surface area contributed by atoms with E-state index in [4.69, 9.17) is 9.84 Å². The van der Waals surface area contributed by atoms with Crippen molar-refractivity contribution >= 4 is 0 Å². The molecule has 0 aromatic rings. The lowest BCUT2D eigenvalue weighted by Gasteiger charge is -2.49. The quantitative estimate of drug-likeness (QED) is 0.542. The zero-order chi connectivity index (χ0) is 20.6. The van der Waals surface area contributed by atoms with E-state index < -0.39 is 0 Å². The van der Waals surface area contributed by atoms with Gasteiger partial charge in [-0.2, -0.15) is 0 Å². The molecule has 1 aliphatic carbocycles. The molecule has 2 heteroatoms. The second-order valence-electron chi connectivity index (χ2n) is 8.00. The van der Waals surface area contributed by atoms with Crippen LogP contribution in [-0.4, -0.2) is 24.9 Å². The van der Waals surface area contributed by atoms with Crippen LogP contribution < -0.4 is 0 Å². The SMILES string of the molecule is CC.CCC.CCC(CC)C(C)(C1CCCCC1)C1COC(C)C1.CO. The molecule has 0 amide bonds. The summed E-state index contributed by atoms with van der Waals surface area (Å²) in [4.78, 5) is 0. The van der Waals surface area contributed by atoms with Gasteiger partial charge >= 0.3 is 0 Å². The van der Waals surface area contributed by atoms with Gasteiger partial charge in [0.25, 0.3) is 0 Å². The van der Waals surface area contributed by atoms with Crippen molar-refractivity contribution in [1.82, 2.24) is 0 Å². The first kappa shape index (κ1) is 28.1. The first-order chi connectivity index (χ1) is 12.5. The highest BCUT2D eigenvalue weighted by Gasteiger charge is 2.47. The van der Waals surface area contributed by atoms with Crippen molar-refractivity contribution in [2.45, 2.75) is 119 Å². The average molecular weight is 373 g/mol. The summed E-state index contributed by atoms with van der Waals surface area (Å²) in [6.07, 6.45) is 13.0. The van der Waals surface area contributed by atoms with Gasteiger partial charge < -0.3 is 9.84 Å². The highest BCUT2D eigenvalue weighted by molar-refractivity contribution is 4.96. The highest BCUT2D eigenvalue weighted by atomic mass is 16.5. The van der Waals surface area contributed by atoms with Gasteiger partial charge in [-0.15, -0.1) is 0 Å². The maximum absolute atomic E-state index is 7.00. The third kappa shape index (κ3) is 8.30. The second-order valence-corrected chi connectivity index (χ2v) is 8.00. The van der Waals surface area contributed by atoms with E-state index in [1.165, 1.54) is 57.8 Å². The predicted molar refractivity (Wildman–Crippen MR) is 118 cm³/mol. The first-order valence-corrected chi connectivity index (χ1v) is 11.6. The average Bonchev–Trinajstić information content (AvgIpc) is 3.14. The summed E-state index contributed by atoms with van der Waals surface area (Å²) in [5.74, 6) is 2.63. The lowest BCUT2D eigenvalue weighted by atomic mass is 9.55. The fourth-order valence-electron chi connectivity index (χ4n) is 5.14. The van der Waals surface area contributed by atoms with E-state index in [1.54, 1.807) is 0 Å².